The number of alkyl carbamates (subject to hydrolysis) is 1. The van der Waals surface area contributed by atoms with Gasteiger partial charge in [0.1, 0.15) is 5.60 Å². The first-order chi connectivity index (χ1) is 10.8. The van der Waals surface area contributed by atoms with Gasteiger partial charge >= 0.3 is 6.09 Å². The molecule has 0 aromatic heterocycles. The van der Waals surface area contributed by atoms with Gasteiger partial charge in [0.25, 0.3) is 0 Å². The summed E-state index contributed by atoms with van der Waals surface area (Å²) in [6, 6.07) is 7.90. The number of rotatable bonds is 6. The highest BCUT2D eigenvalue weighted by atomic mass is 16.6. The molecule has 0 aliphatic heterocycles. The van der Waals surface area contributed by atoms with Gasteiger partial charge in [0.05, 0.1) is 0 Å². The van der Waals surface area contributed by atoms with Crippen molar-refractivity contribution < 1.29 is 14.3 Å². The van der Waals surface area contributed by atoms with Crippen molar-refractivity contribution >= 4 is 11.9 Å². The lowest BCUT2D eigenvalue weighted by Crippen LogP contribution is -2.35. The summed E-state index contributed by atoms with van der Waals surface area (Å²) in [5, 5.41) is 2.73. The monoisotopic (exact) mass is 317 g/mol. The number of ketones is 1. The molecular formula is C19H27NO3. The van der Waals surface area contributed by atoms with Gasteiger partial charge in [-0.05, 0) is 51.0 Å². The molecule has 4 nitrogen and oxygen atoms in total. The van der Waals surface area contributed by atoms with Crippen molar-refractivity contribution in [2.24, 2.45) is 5.92 Å². The van der Waals surface area contributed by atoms with Crippen LogP contribution in [0.3, 0.4) is 0 Å². The van der Waals surface area contributed by atoms with Crippen LogP contribution >= 0.6 is 0 Å². The number of carbonyl (C=O) groups is 2. The summed E-state index contributed by atoms with van der Waals surface area (Å²) in [5.41, 5.74) is 1.52. The molecule has 126 valence electrons. The van der Waals surface area contributed by atoms with Crippen LogP contribution in [0.15, 0.2) is 24.3 Å². The van der Waals surface area contributed by atoms with Gasteiger partial charge < -0.3 is 10.1 Å². The van der Waals surface area contributed by atoms with Gasteiger partial charge in [0, 0.05) is 18.5 Å². The molecule has 0 saturated heterocycles. The molecule has 0 heterocycles. The van der Waals surface area contributed by atoms with Crippen LogP contribution in [0.25, 0.3) is 0 Å². The summed E-state index contributed by atoms with van der Waals surface area (Å²) < 4.78 is 5.20. The zero-order chi connectivity index (χ0) is 17.0. The topological polar surface area (TPSA) is 55.4 Å². The lowest BCUT2D eigenvalue weighted by Gasteiger charge is -2.20. The predicted molar refractivity (Wildman–Crippen MR) is 90.8 cm³/mol. The Morgan fingerprint density at radius 2 is 1.91 bits per heavy atom. The SMILES string of the molecule is CC(CNC(=O)OC(C)(C)C)CC(=O)c1ccccc1C1CC1. The average molecular weight is 317 g/mol. The van der Waals surface area contributed by atoms with Crippen molar-refractivity contribution in [2.75, 3.05) is 6.54 Å². The zero-order valence-corrected chi connectivity index (χ0v) is 14.5. The van der Waals surface area contributed by atoms with Gasteiger partial charge in [-0.3, -0.25) is 4.79 Å². The lowest BCUT2D eigenvalue weighted by atomic mass is 9.94. The predicted octanol–water partition coefficient (Wildman–Crippen LogP) is 4.30. The van der Waals surface area contributed by atoms with Gasteiger partial charge in [0.15, 0.2) is 5.78 Å². The molecule has 1 atom stereocenters. The molecule has 0 spiro atoms. The van der Waals surface area contributed by atoms with Crippen molar-refractivity contribution in [3.05, 3.63) is 35.4 Å². The Hall–Kier alpha value is -1.84. The maximum Gasteiger partial charge on any atom is 0.407 e. The largest absolute Gasteiger partial charge is 0.444 e. The molecule has 0 bridgehead atoms. The van der Waals surface area contributed by atoms with E-state index in [1.54, 1.807) is 0 Å². The summed E-state index contributed by atoms with van der Waals surface area (Å²) in [7, 11) is 0. The Morgan fingerprint density at radius 3 is 2.52 bits per heavy atom. The maximum atomic E-state index is 12.5. The highest BCUT2D eigenvalue weighted by Crippen LogP contribution is 2.41. The van der Waals surface area contributed by atoms with Crippen LogP contribution in [0.1, 0.15) is 68.8 Å². The van der Waals surface area contributed by atoms with E-state index in [-0.39, 0.29) is 11.7 Å². The van der Waals surface area contributed by atoms with Crippen molar-refractivity contribution in [2.45, 2.75) is 58.5 Å². The Labute approximate surface area is 138 Å². The third-order valence-corrected chi connectivity index (χ3v) is 3.81. The van der Waals surface area contributed by atoms with Crippen molar-refractivity contribution in [3.63, 3.8) is 0 Å². The molecule has 1 aromatic rings. The Morgan fingerprint density at radius 1 is 1.26 bits per heavy atom. The Balaban J connectivity index is 1.84. The third-order valence-electron chi connectivity index (χ3n) is 3.81. The second-order valence-electron chi connectivity index (χ2n) is 7.48. The molecule has 2 rings (SSSR count). The third kappa shape index (κ3) is 5.70. The van der Waals surface area contributed by atoms with E-state index in [0.29, 0.717) is 18.9 Å². The molecule has 0 radical (unpaired) electrons. The molecule has 1 N–H and O–H groups in total. The smallest absolute Gasteiger partial charge is 0.407 e. The van der Waals surface area contributed by atoms with Gasteiger partial charge in [-0.2, -0.15) is 0 Å². The second kappa shape index (κ2) is 7.16. The minimum atomic E-state index is -0.508. The molecule has 1 aliphatic rings. The molecule has 1 fully saturated rings. The Bertz CT molecular complexity index is 570. The highest BCUT2D eigenvalue weighted by molar-refractivity contribution is 5.97. The van der Waals surface area contributed by atoms with E-state index in [2.05, 4.69) is 11.4 Å². The first kappa shape index (κ1) is 17.5. The number of ether oxygens (including phenoxy) is 1. The molecule has 1 aromatic carbocycles. The van der Waals surface area contributed by atoms with Crippen molar-refractivity contribution in [1.29, 1.82) is 0 Å². The van der Waals surface area contributed by atoms with Gasteiger partial charge in [-0.1, -0.05) is 31.2 Å². The summed E-state index contributed by atoms with van der Waals surface area (Å²) >= 11 is 0. The van der Waals surface area contributed by atoms with Crippen LogP contribution in [-0.4, -0.2) is 24.0 Å². The first-order valence-corrected chi connectivity index (χ1v) is 8.35. The first-order valence-electron chi connectivity index (χ1n) is 8.35. The normalized spacial score (nSPS) is 15.8. The fourth-order valence-corrected chi connectivity index (χ4v) is 2.57. The van der Waals surface area contributed by atoms with Gasteiger partial charge in [-0.25, -0.2) is 4.79 Å². The number of amides is 1. The number of hydrogen-bond acceptors (Lipinski definition) is 3. The average Bonchev–Trinajstić information content (AvgIpc) is 3.28. The Kier molecular flexibility index (Phi) is 5.45. The quantitative estimate of drug-likeness (QED) is 0.796. The maximum absolute atomic E-state index is 12.5. The summed E-state index contributed by atoms with van der Waals surface area (Å²) in [4.78, 5) is 24.2. The number of nitrogens with one attached hydrogen (secondary N) is 1. The number of hydrogen-bond donors (Lipinski definition) is 1. The van der Waals surface area contributed by atoms with Crippen LogP contribution in [0.5, 0.6) is 0 Å². The minimum Gasteiger partial charge on any atom is -0.444 e. The zero-order valence-electron chi connectivity index (χ0n) is 14.5. The van der Waals surface area contributed by atoms with Crippen molar-refractivity contribution in [3.8, 4) is 0 Å². The van der Waals surface area contributed by atoms with Crippen LogP contribution in [0, 0.1) is 5.92 Å². The van der Waals surface area contributed by atoms with E-state index in [9.17, 15) is 9.59 Å². The molecule has 4 heteroatoms. The molecular weight excluding hydrogens is 290 g/mol. The summed E-state index contributed by atoms with van der Waals surface area (Å²) in [6.07, 6.45) is 2.36. The number of Topliss-reactive ketones (excluding diaryl/α,β-unsaturated/α-hetero) is 1. The number of carbonyl (C=O) groups excluding carboxylic acids is 2. The molecule has 23 heavy (non-hydrogen) atoms. The van der Waals surface area contributed by atoms with Gasteiger partial charge in [-0.15, -0.1) is 0 Å². The molecule has 1 unspecified atom stereocenters. The van der Waals surface area contributed by atoms with Crippen molar-refractivity contribution in [1.82, 2.24) is 5.32 Å². The summed E-state index contributed by atoms with van der Waals surface area (Å²) in [6.45, 7) is 7.89. The van der Waals surface area contributed by atoms with Crippen LogP contribution in [0.4, 0.5) is 4.79 Å². The van der Waals surface area contributed by atoms with Gasteiger partial charge in [0.2, 0.25) is 0 Å². The summed E-state index contributed by atoms with van der Waals surface area (Å²) in [5.74, 6) is 0.790. The molecule has 1 aliphatic carbocycles. The molecule has 1 saturated carbocycles. The number of benzene rings is 1. The van der Waals surface area contributed by atoms with Crippen LogP contribution in [-0.2, 0) is 4.74 Å². The fourth-order valence-electron chi connectivity index (χ4n) is 2.57. The van der Waals surface area contributed by atoms with E-state index < -0.39 is 11.7 Å². The van der Waals surface area contributed by atoms with E-state index in [4.69, 9.17) is 4.74 Å². The van der Waals surface area contributed by atoms with E-state index >= 15 is 0 Å². The second-order valence-corrected chi connectivity index (χ2v) is 7.48. The van der Waals surface area contributed by atoms with E-state index in [1.165, 1.54) is 18.4 Å². The minimum absolute atomic E-state index is 0.0716. The lowest BCUT2D eigenvalue weighted by molar-refractivity contribution is 0.0517. The standard InChI is InChI=1S/C19H27NO3/c1-13(12-20-18(22)23-19(2,3)4)11-17(21)16-8-6-5-7-15(16)14-9-10-14/h5-8,13-14H,9-12H2,1-4H3,(H,20,22). The fraction of sp³-hybridized carbons (Fsp3) is 0.579. The van der Waals surface area contributed by atoms with E-state index in [0.717, 1.165) is 5.56 Å². The van der Waals surface area contributed by atoms with E-state index in [1.807, 2.05) is 45.9 Å². The molecule has 1 amide bonds. The van der Waals surface area contributed by atoms with Crippen LogP contribution < -0.4 is 5.32 Å². The van der Waals surface area contributed by atoms with Crippen LogP contribution in [0.2, 0.25) is 0 Å². The highest BCUT2D eigenvalue weighted by Gasteiger charge is 2.28.